The smallest absolute Gasteiger partial charge is 0.336 e. The number of carbonyl (C=O) groups is 1. The van der Waals surface area contributed by atoms with Gasteiger partial charge in [0.2, 0.25) is 6.29 Å². The van der Waals surface area contributed by atoms with E-state index < -0.39 is 48.9 Å². The summed E-state index contributed by atoms with van der Waals surface area (Å²) in [6.45, 7) is -0.601. The van der Waals surface area contributed by atoms with E-state index in [-0.39, 0.29) is 23.3 Å². The lowest BCUT2D eigenvalue weighted by atomic mass is 9.99. The molecular weight excluding hydrogens is 364 g/mol. The van der Waals surface area contributed by atoms with Crippen molar-refractivity contribution >= 4 is 16.9 Å². The summed E-state index contributed by atoms with van der Waals surface area (Å²) in [5.74, 6) is -1.01. The highest BCUT2D eigenvalue weighted by atomic mass is 16.7. The van der Waals surface area contributed by atoms with Crippen LogP contribution in [0.2, 0.25) is 0 Å². The third-order valence-corrected chi connectivity index (χ3v) is 4.24. The first-order chi connectivity index (χ1) is 12.8. The van der Waals surface area contributed by atoms with Gasteiger partial charge in [-0.25, -0.2) is 4.79 Å². The second-order valence-electron chi connectivity index (χ2n) is 6.13. The largest absolute Gasteiger partial charge is 0.481 e. The highest BCUT2D eigenvalue weighted by Crippen LogP contribution is 2.27. The van der Waals surface area contributed by atoms with Gasteiger partial charge in [-0.15, -0.1) is 0 Å². The molecule has 0 unspecified atom stereocenters. The SMILES string of the molecule is O=C(O)Cc1cc(=O)oc2cc(O[C@@H]3O[C@H](CO)[C@H](O)[C@H](O)[C@H]3O)ccc12. The molecule has 27 heavy (non-hydrogen) atoms. The molecule has 146 valence electrons. The Bertz CT molecular complexity index is 889. The first-order valence-corrected chi connectivity index (χ1v) is 8.06. The van der Waals surface area contributed by atoms with Crippen molar-refractivity contribution in [3.63, 3.8) is 0 Å². The van der Waals surface area contributed by atoms with Crippen LogP contribution in [0.1, 0.15) is 5.56 Å². The van der Waals surface area contributed by atoms with E-state index in [2.05, 4.69) is 0 Å². The van der Waals surface area contributed by atoms with Crippen LogP contribution in [0.5, 0.6) is 5.75 Å². The molecule has 1 saturated heterocycles. The van der Waals surface area contributed by atoms with E-state index in [1.165, 1.54) is 18.2 Å². The van der Waals surface area contributed by atoms with Gasteiger partial charge in [0.05, 0.1) is 13.0 Å². The number of hydrogen-bond donors (Lipinski definition) is 5. The number of aliphatic hydroxyl groups excluding tert-OH is 4. The van der Waals surface area contributed by atoms with Gasteiger partial charge in [0.1, 0.15) is 35.7 Å². The van der Waals surface area contributed by atoms with Gasteiger partial charge in [-0.1, -0.05) is 0 Å². The van der Waals surface area contributed by atoms with Crippen LogP contribution in [0.15, 0.2) is 33.5 Å². The molecule has 10 heteroatoms. The van der Waals surface area contributed by atoms with Crippen molar-refractivity contribution in [3.8, 4) is 5.75 Å². The van der Waals surface area contributed by atoms with Crippen LogP contribution < -0.4 is 10.4 Å². The quantitative estimate of drug-likeness (QED) is 0.388. The summed E-state index contributed by atoms with van der Waals surface area (Å²) in [5.41, 5.74) is -0.391. The first-order valence-electron chi connectivity index (χ1n) is 8.06. The van der Waals surface area contributed by atoms with E-state index in [0.29, 0.717) is 5.39 Å². The van der Waals surface area contributed by atoms with Crippen LogP contribution in [-0.4, -0.2) is 68.8 Å². The van der Waals surface area contributed by atoms with E-state index in [9.17, 15) is 30.0 Å². The van der Waals surface area contributed by atoms with Crippen LogP contribution >= 0.6 is 0 Å². The van der Waals surface area contributed by atoms with Gasteiger partial charge in [0.15, 0.2) is 0 Å². The number of rotatable bonds is 5. The molecule has 1 fully saturated rings. The third-order valence-electron chi connectivity index (χ3n) is 4.24. The minimum absolute atomic E-state index is 0.0702. The maximum absolute atomic E-state index is 11.6. The van der Waals surface area contributed by atoms with Crippen molar-refractivity contribution in [3.05, 3.63) is 40.2 Å². The predicted octanol–water partition coefficient (Wildman–Crippen LogP) is -1.40. The fourth-order valence-corrected chi connectivity index (χ4v) is 2.89. The van der Waals surface area contributed by atoms with E-state index in [1.807, 2.05) is 0 Å². The van der Waals surface area contributed by atoms with E-state index in [1.54, 1.807) is 0 Å². The lowest BCUT2D eigenvalue weighted by molar-refractivity contribution is -0.277. The number of aliphatic hydroxyl groups is 4. The molecule has 0 saturated carbocycles. The van der Waals surface area contributed by atoms with Gasteiger partial charge in [-0.3, -0.25) is 4.79 Å². The summed E-state index contributed by atoms with van der Waals surface area (Å²) in [6, 6.07) is 5.32. The molecule has 0 amide bonds. The van der Waals surface area contributed by atoms with Crippen molar-refractivity contribution in [2.45, 2.75) is 37.1 Å². The Labute approximate surface area is 151 Å². The monoisotopic (exact) mass is 382 g/mol. The average Bonchev–Trinajstić information content (AvgIpc) is 2.61. The maximum atomic E-state index is 11.6. The molecule has 0 radical (unpaired) electrons. The van der Waals surface area contributed by atoms with Crippen LogP contribution in [0, 0.1) is 0 Å². The van der Waals surface area contributed by atoms with Crippen molar-refractivity contribution in [2.75, 3.05) is 6.61 Å². The predicted molar refractivity (Wildman–Crippen MR) is 88.2 cm³/mol. The van der Waals surface area contributed by atoms with Crippen LogP contribution in [-0.2, 0) is 16.0 Å². The highest BCUT2D eigenvalue weighted by Gasteiger charge is 2.44. The standard InChI is InChI=1S/C17H18O10/c18-6-11-14(22)15(23)16(24)17(27-11)25-8-1-2-9-7(3-12(19)20)4-13(21)26-10(9)5-8/h1-2,4-5,11,14-18,22-24H,3,6H2,(H,19,20)/t11-,14+,15+,16-,17-/m1/s1. The molecular formula is C17H18O10. The van der Waals surface area contributed by atoms with Crippen molar-refractivity contribution in [1.82, 2.24) is 0 Å². The summed E-state index contributed by atoms with van der Waals surface area (Å²) in [7, 11) is 0. The normalized spacial score (nSPS) is 28.2. The number of carboxylic acids is 1. The molecule has 5 atom stereocenters. The zero-order valence-corrected chi connectivity index (χ0v) is 13.9. The molecule has 2 heterocycles. The number of ether oxygens (including phenoxy) is 2. The third kappa shape index (κ3) is 3.94. The Morgan fingerprint density at radius 3 is 2.52 bits per heavy atom. The summed E-state index contributed by atoms with van der Waals surface area (Å²) in [6.07, 6.45) is -7.60. The molecule has 1 aromatic heterocycles. The molecule has 0 aliphatic carbocycles. The fourth-order valence-electron chi connectivity index (χ4n) is 2.89. The number of hydrogen-bond acceptors (Lipinski definition) is 9. The van der Waals surface area contributed by atoms with Crippen molar-refractivity contribution < 1.29 is 44.2 Å². The van der Waals surface area contributed by atoms with E-state index in [0.717, 1.165) is 6.07 Å². The molecule has 3 rings (SSSR count). The molecule has 2 aromatic rings. The van der Waals surface area contributed by atoms with Crippen molar-refractivity contribution in [2.24, 2.45) is 0 Å². The number of carboxylic acid groups (broad SMARTS) is 1. The molecule has 0 spiro atoms. The molecule has 1 aliphatic rings. The molecule has 0 bridgehead atoms. The van der Waals surface area contributed by atoms with Gasteiger partial charge in [-0.2, -0.15) is 0 Å². The average molecular weight is 382 g/mol. The number of aliphatic carboxylic acids is 1. The molecule has 1 aliphatic heterocycles. The summed E-state index contributed by atoms with van der Waals surface area (Å²) in [4.78, 5) is 22.6. The molecule has 1 aromatic carbocycles. The second kappa shape index (κ2) is 7.62. The summed E-state index contributed by atoms with van der Waals surface area (Å²) in [5, 5.41) is 48.1. The van der Waals surface area contributed by atoms with Crippen molar-refractivity contribution in [1.29, 1.82) is 0 Å². The minimum atomic E-state index is -1.60. The number of benzene rings is 1. The lowest BCUT2D eigenvalue weighted by Gasteiger charge is -2.39. The Kier molecular flexibility index (Phi) is 5.44. The second-order valence-corrected chi connectivity index (χ2v) is 6.13. The zero-order chi connectivity index (χ0) is 19.7. The fraction of sp³-hybridized carbons (Fsp3) is 0.412. The van der Waals surface area contributed by atoms with Gasteiger partial charge in [-0.05, 0) is 17.7 Å². The van der Waals surface area contributed by atoms with Crippen LogP contribution in [0.25, 0.3) is 11.0 Å². The Hall–Kier alpha value is -2.50. The van der Waals surface area contributed by atoms with Gasteiger partial charge < -0.3 is 39.4 Å². The highest BCUT2D eigenvalue weighted by molar-refractivity contribution is 5.85. The lowest BCUT2D eigenvalue weighted by Crippen LogP contribution is -2.60. The van der Waals surface area contributed by atoms with Crippen LogP contribution in [0.4, 0.5) is 0 Å². The summed E-state index contributed by atoms with van der Waals surface area (Å²) < 4.78 is 15.8. The van der Waals surface area contributed by atoms with E-state index in [4.69, 9.17) is 19.0 Å². The Balaban J connectivity index is 1.89. The Morgan fingerprint density at radius 1 is 1.11 bits per heavy atom. The molecule has 5 N–H and O–H groups in total. The number of fused-ring (bicyclic) bond motifs is 1. The van der Waals surface area contributed by atoms with E-state index >= 15 is 0 Å². The maximum Gasteiger partial charge on any atom is 0.336 e. The van der Waals surface area contributed by atoms with Gasteiger partial charge in [0.25, 0.3) is 0 Å². The van der Waals surface area contributed by atoms with Gasteiger partial charge in [0, 0.05) is 17.5 Å². The van der Waals surface area contributed by atoms with Gasteiger partial charge >= 0.3 is 11.6 Å². The Morgan fingerprint density at radius 2 is 1.85 bits per heavy atom. The first kappa shape index (κ1) is 19.3. The topological polar surface area (TPSA) is 167 Å². The zero-order valence-electron chi connectivity index (χ0n) is 13.9. The molecule has 10 nitrogen and oxygen atoms in total. The summed E-state index contributed by atoms with van der Waals surface area (Å²) >= 11 is 0. The van der Waals surface area contributed by atoms with Crippen LogP contribution in [0.3, 0.4) is 0 Å². The minimum Gasteiger partial charge on any atom is -0.481 e.